The molecule has 2 heterocycles. The normalized spacial score (nSPS) is 10.5. The van der Waals surface area contributed by atoms with E-state index in [0.717, 1.165) is 10.2 Å². The molecule has 0 amide bonds. The number of nitrogens with zero attached hydrogens (tertiary/aromatic N) is 3. The fraction of sp³-hybridized carbons (Fsp3) is 0. The van der Waals surface area contributed by atoms with Crippen LogP contribution in [0.25, 0.3) is 10.8 Å². The van der Waals surface area contributed by atoms with Crippen LogP contribution in [0.15, 0.2) is 45.3 Å². The average molecular weight is 367 g/mol. The van der Waals surface area contributed by atoms with E-state index in [2.05, 4.69) is 31.4 Å². The van der Waals surface area contributed by atoms with Crippen LogP contribution in [0.5, 0.6) is 0 Å². The molecule has 0 saturated heterocycles. The summed E-state index contributed by atoms with van der Waals surface area (Å²) in [5.41, 5.74) is 0.867. The van der Waals surface area contributed by atoms with Crippen LogP contribution in [0.4, 0.5) is 16.7 Å². The van der Waals surface area contributed by atoms with Gasteiger partial charge in [0.25, 0.3) is 0 Å². The summed E-state index contributed by atoms with van der Waals surface area (Å²) in [6.45, 7) is 0. The summed E-state index contributed by atoms with van der Waals surface area (Å²) < 4.78 is 6.07. The number of nitro groups is 1. The van der Waals surface area contributed by atoms with Crippen molar-refractivity contribution < 1.29 is 9.34 Å². The number of rotatable bonds is 4. The third-order valence-corrected chi connectivity index (χ3v) is 3.88. The van der Waals surface area contributed by atoms with Crippen LogP contribution >= 0.6 is 27.3 Å². The van der Waals surface area contributed by atoms with Crippen molar-refractivity contribution in [2.24, 2.45) is 0 Å². The maximum absolute atomic E-state index is 10.6. The highest BCUT2D eigenvalue weighted by Gasteiger charge is 2.16. The van der Waals surface area contributed by atoms with E-state index in [0.29, 0.717) is 15.9 Å². The standard InChI is InChI=1S/C12H7BrN4O3S/c13-7-1-3-8(4-2-7)14-12-16-15-11(21-12)9-5-6-10(20-9)17(18)19/h1-6H,(H,14,16). The van der Waals surface area contributed by atoms with E-state index in [4.69, 9.17) is 4.42 Å². The second kappa shape index (κ2) is 5.62. The third-order valence-electron chi connectivity index (χ3n) is 2.50. The summed E-state index contributed by atoms with van der Waals surface area (Å²) in [7, 11) is 0. The highest BCUT2D eigenvalue weighted by atomic mass is 79.9. The Morgan fingerprint density at radius 2 is 1.95 bits per heavy atom. The molecule has 3 aromatic rings. The second-order valence-electron chi connectivity index (χ2n) is 3.94. The molecule has 0 aliphatic rings. The van der Waals surface area contributed by atoms with E-state index in [1.807, 2.05) is 24.3 Å². The van der Waals surface area contributed by atoms with Crippen molar-refractivity contribution in [3.63, 3.8) is 0 Å². The number of nitrogens with one attached hydrogen (secondary N) is 1. The molecule has 1 aromatic carbocycles. The van der Waals surface area contributed by atoms with Crippen LogP contribution in [-0.4, -0.2) is 15.1 Å². The molecule has 0 radical (unpaired) electrons. The van der Waals surface area contributed by atoms with Crippen LogP contribution in [0, 0.1) is 10.1 Å². The van der Waals surface area contributed by atoms with E-state index in [-0.39, 0.29) is 5.88 Å². The first-order valence-corrected chi connectivity index (χ1v) is 7.33. The Kier molecular flexibility index (Phi) is 3.67. The minimum absolute atomic E-state index is 0.317. The van der Waals surface area contributed by atoms with E-state index < -0.39 is 4.92 Å². The van der Waals surface area contributed by atoms with Gasteiger partial charge < -0.3 is 9.73 Å². The maximum Gasteiger partial charge on any atom is 0.433 e. The Hall–Kier alpha value is -2.26. The fourth-order valence-electron chi connectivity index (χ4n) is 1.57. The monoisotopic (exact) mass is 366 g/mol. The van der Waals surface area contributed by atoms with Gasteiger partial charge in [-0.25, -0.2) is 0 Å². The molecule has 0 unspecified atom stereocenters. The van der Waals surface area contributed by atoms with E-state index in [1.165, 1.54) is 23.5 Å². The summed E-state index contributed by atoms with van der Waals surface area (Å²) in [5, 5.41) is 22.7. The van der Waals surface area contributed by atoms with Gasteiger partial charge >= 0.3 is 5.88 Å². The van der Waals surface area contributed by atoms with Crippen molar-refractivity contribution in [1.82, 2.24) is 10.2 Å². The number of hydrogen-bond acceptors (Lipinski definition) is 7. The van der Waals surface area contributed by atoms with Gasteiger partial charge in [0, 0.05) is 10.2 Å². The van der Waals surface area contributed by atoms with Gasteiger partial charge in [0.1, 0.15) is 4.92 Å². The number of hydrogen-bond donors (Lipinski definition) is 1. The largest absolute Gasteiger partial charge is 0.433 e. The third kappa shape index (κ3) is 3.09. The molecule has 0 aliphatic heterocycles. The van der Waals surface area contributed by atoms with Crippen LogP contribution in [0.3, 0.4) is 0 Å². The second-order valence-corrected chi connectivity index (χ2v) is 5.83. The summed E-state index contributed by atoms with van der Waals surface area (Å²) in [5.74, 6) is 0.00525. The van der Waals surface area contributed by atoms with Gasteiger partial charge in [-0.3, -0.25) is 10.1 Å². The Bertz CT molecular complexity index is 784. The Balaban J connectivity index is 1.79. The Labute approximate surface area is 130 Å². The molecule has 9 heteroatoms. The fourth-order valence-corrected chi connectivity index (χ4v) is 2.56. The first kappa shape index (κ1) is 13.7. The topological polar surface area (TPSA) is 94.1 Å². The quantitative estimate of drug-likeness (QED) is 0.548. The summed E-state index contributed by atoms with van der Waals surface area (Å²) in [6, 6.07) is 10.4. The smallest absolute Gasteiger partial charge is 0.398 e. The van der Waals surface area contributed by atoms with Crippen molar-refractivity contribution in [1.29, 1.82) is 0 Å². The number of benzene rings is 1. The molecule has 1 N–H and O–H groups in total. The molecule has 0 aliphatic carbocycles. The Morgan fingerprint density at radius 3 is 2.62 bits per heavy atom. The zero-order valence-electron chi connectivity index (χ0n) is 10.3. The van der Waals surface area contributed by atoms with Crippen LogP contribution in [-0.2, 0) is 0 Å². The molecular weight excluding hydrogens is 360 g/mol. The lowest BCUT2D eigenvalue weighted by atomic mass is 10.3. The first-order chi connectivity index (χ1) is 10.1. The van der Waals surface area contributed by atoms with Crippen molar-refractivity contribution in [3.05, 3.63) is 51.0 Å². The summed E-state index contributed by atoms with van der Waals surface area (Å²) in [6.07, 6.45) is 0. The van der Waals surface area contributed by atoms with Crippen molar-refractivity contribution in [2.75, 3.05) is 5.32 Å². The molecule has 2 aromatic heterocycles. The van der Waals surface area contributed by atoms with Gasteiger partial charge in [-0.1, -0.05) is 27.3 Å². The van der Waals surface area contributed by atoms with E-state index in [9.17, 15) is 10.1 Å². The number of halogens is 1. The predicted octanol–water partition coefficient (Wildman–Crippen LogP) is 4.21. The first-order valence-electron chi connectivity index (χ1n) is 5.72. The van der Waals surface area contributed by atoms with E-state index >= 15 is 0 Å². The molecule has 3 rings (SSSR count). The zero-order valence-corrected chi connectivity index (χ0v) is 12.7. The molecule has 0 saturated carbocycles. The number of anilines is 2. The van der Waals surface area contributed by atoms with Gasteiger partial charge in [-0.15, -0.1) is 10.2 Å². The Morgan fingerprint density at radius 1 is 1.19 bits per heavy atom. The molecule has 106 valence electrons. The van der Waals surface area contributed by atoms with Gasteiger partial charge in [-0.05, 0) is 30.3 Å². The number of aromatic nitrogens is 2. The van der Waals surface area contributed by atoms with Gasteiger partial charge in [0.05, 0.1) is 6.07 Å². The lowest BCUT2D eigenvalue weighted by Crippen LogP contribution is -1.88. The summed E-state index contributed by atoms with van der Waals surface area (Å²) >= 11 is 4.61. The lowest BCUT2D eigenvalue weighted by molar-refractivity contribution is -0.401. The van der Waals surface area contributed by atoms with E-state index in [1.54, 1.807) is 0 Å². The van der Waals surface area contributed by atoms with Gasteiger partial charge in [0.15, 0.2) is 10.8 Å². The molecular formula is C12H7BrN4O3S. The van der Waals surface area contributed by atoms with Crippen LogP contribution < -0.4 is 5.32 Å². The molecule has 0 atom stereocenters. The van der Waals surface area contributed by atoms with Crippen LogP contribution in [0.1, 0.15) is 0 Å². The molecule has 0 bridgehead atoms. The van der Waals surface area contributed by atoms with Crippen molar-refractivity contribution in [2.45, 2.75) is 0 Å². The molecule has 0 spiro atoms. The predicted molar refractivity (Wildman–Crippen MR) is 81.7 cm³/mol. The molecule has 0 fully saturated rings. The van der Waals surface area contributed by atoms with Gasteiger partial charge in [0.2, 0.25) is 5.13 Å². The minimum Gasteiger partial charge on any atom is -0.398 e. The lowest BCUT2D eigenvalue weighted by Gasteiger charge is -2.00. The van der Waals surface area contributed by atoms with Crippen LogP contribution in [0.2, 0.25) is 0 Å². The average Bonchev–Trinajstić information content (AvgIpc) is 3.10. The number of furan rings is 1. The molecule has 7 nitrogen and oxygen atoms in total. The molecule has 21 heavy (non-hydrogen) atoms. The SMILES string of the molecule is O=[N+]([O-])c1ccc(-c2nnc(Nc3ccc(Br)cc3)s2)o1. The van der Waals surface area contributed by atoms with Crippen molar-refractivity contribution >= 4 is 44.0 Å². The van der Waals surface area contributed by atoms with Gasteiger partial charge in [-0.2, -0.15) is 0 Å². The summed E-state index contributed by atoms with van der Waals surface area (Å²) in [4.78, 5) is 9.99. The zero-order chi connectivity index (χ0) is 14.8. The highest BCUT2D eigenvalue weighted by Crippen LogP contribution is 2.31. The highest BCUT2D eigenvalue weighted by molar-refractivity contribution is 9.10. The van der Waals surface area contributed by atoms with Crippen molar-refractivity contribution in [3.8, 4) is 10.8 Å². The maximum atomic E-state index is 10.6. The minimum atomic E-state index is -0.592.